The molecule has 1 aromatic heterocycles. The van der Waals surface area contributed by atoms with Gasteiger partial charge in [0.2, 0.25) is 15.9 Å². The topological polar surface area (TPSA) is 95.2 Å². The van der Waals surface area contributed by atoms with Crippen LogP contribution in [0.15, 0.2) is 47.4 Å². The van der Waals surface area contributed by atoms with E-state index < -0.39 is 10.0 Å². The van der Waals surface area contributed by atoms with Crippen LogP contribution in [-0.2, 0) is 14.8 Å². The molecule has 0 atom stereocenters. The van der Waals surface area contributed by atoms with Gasteiger partial charge in [-0.2, -0.15) is 0 Å². The van der Waals surface area contributed by atoms with Crippen molar-refractivity contribution in [1.29, 1.82) is 0 Å². The van der Waals surface area contributed by atoms with E-state index >= 15 is 0 Å². The number of hydrogen-bond donors (Lipinski definition) is 2. The fourth-order valence-corrected chi connectivity index (χ4v) is 3.70. The zero-order valence-corrected chi connectivity index (χ0v) is 17.1. The van der Waals surface area contributed by atoms with Gasteiger partial charge in [-0.25, -0.2) is 17.7 Å². The highest BCUT2D eigenvalue weighted by Crippen LogP contribution is 2.25. The predicted octanol–water partition coefficient (Wildman–Crippen LogP) is 3.51. The monoisotopic (exact) mass is 418 g/mol. The average Bonchev–Trinajstić information content (AvgIpc) is 3.06. The van der Waals surface area contributed by atoms with E-state index in [0.29, 0.717) is 27.6 Å². The fourth-order valence-electron chi connectivity index (χ4n) is 2.55. The minimum absolute atomic E-state index is 0.140. The Morgan fingerprint density at radius 2 is 1.86 bits per heavy atom. The molecule has 0 fully saturated rings. The second-order valence-electron chi connectivity index (χ2n) is 6.35. The molecule has 28 heavy (non-hydrogen) atoms. The van der Waals surface area contributed by atoms with Crippen molar-refractivity contribution in [2.75, 3.05) is 19.4 Å². The summed E-state index contributed by atoms with van der Waals surface area (Å²) in [6, 6.07) is 11.9. The zero-order chi connectivity index (χ0) is 20.5. The zero-order valence-electron chi connectivity index (χ0n) is 15.5. The summed E-state index contributed by atoms with van der Waals surface area (Å²) >= 11 is 6.39. The summed E-state index contributed by atoms with van der Waals surface area (Å²) in [5, 5.41) is 3.07. The van der Waals surface area contributed by atoms with E-state index in [4.69, 9.17) is 11.6 Å². The number of anilines is 1. The third-order valence-corrected chi connectivity index (χ3v) is 6.08. The van der Waals surface area contributed by atoms with Crippen LogP contribution in [0.1, 0.15) is 18.3 Å². The SMILES string of the molecule is CC(=O)Nc1ccc(/C=C(\Cl)c2nc3ccc(S(=O)(=O)N(C)C)cc3[nH]2)cc1. The average molecular weight is 419 g/mol. The van der Waals surface area contributed by atoms with Crippen LogP contribution < -0.4 is 5.32 Å². The third-order valence-electron chi connectivity index (χ3n) is 3.98. The predicted molar refractivity (Wildman–Crippen MR) is 111 cm³/mol. The maximum atomic E-state index is 12.3. The van der Waals surface area contributed by atoms with Crippen molar-refractivity contribution in [3.63, 3.8) is 0 Å². The Labute approximate surface area is 168 Å². The van der Waals surface area contributed by atoms with Crippen LogP contribution in [0.2, 0.25) is 0 Å². The molecular formula is C19H19ClN4O3S. The van der Waals surface area contributed by atoms with Gasteiger partial charge in [-0.1, -0.05) is 23.7 Å². The summed E-state index contributed by atoms with van der Waals surface area (Å²) in [5.74, 6) is 0.293. The summed E-state index contributed by atoms with van der Waals surface area (Å²) in [6.45, 7) is 1.45. The number of carbonyl (C=O) groups is 1. The first-order valence-corrected chi connectivity index (χ1v) is 10.2. The van der Waals surface area contributed by atoms with Crippen LogP contribution in [0.4, 0.5) is 5.69 Å². The number of H-pyrrole nitrogens is 1. The van der Waals surface area contributed by atoms with Crippen LogP contribution in [0, 0.1) is 0 Å². The van der Waals surface area contributed by atoms with Crippen LogP contribution in [0.5, 0.6) is 0 Å². The van der Waals surface area contributed by atoms with Gasteiger partial charge in [0.05, 0.1) is 21.0 Å². The molecule has 0 saturated heterocycles. The van der Waals surface area contributed by atoms with E-state index in [2.05, 4.69) is 15.3 Å². The van der Waals surface area contributed by atoms with Crippen molar-refractivity contribution in [1.82, 2.24) is 14.3 Å². The number of halogens is 1. The van der Waals surface area contributed by atoms with E-state index in [1.54, 1.807) is 24.3 Å². The Bertz CT molecular complexity index is 1170. The number of aromatic amines is 1. The molecule has 0 aliphatic carbocycles. The maximum Gasteiger partial charge on any atom is 0.242 e. The number of carbonyl (C=O) groups excluding carboxylic acids is 1. The summed E-state index contributed by atoms with van der Waals surface area (Å²) in [7, 11) is -0.571. The van der Waals surface area contributed by atoms with Gasteiger partial charge in [0.25, 0.3) is 0 Å². The van der Waals surface area contributed by atoms with Gasteiger partial charge in [-0.3, -0.25) is 4.79 Å². The first-order valence-electron chi connectivity index (χ1n) is 8.34. The lowest BCUT2D eigenvalue weighted by Crippen LogP contribution is -2.22. The Morgan fingerprint density at radius 1 is 1.18 bits per heavy atom. The van der Waals surface area contributed by atoms with Crippen LogP contribution in [0.3, 0.4) is 0 Å². The summed E-state index contributed by atoms with van der Waals surface area (Å²) < 4.78 is 25.7. The maximum absolute atomic E-state index is 12.3. The minimum Gasteiger partial charge on any atom is -0.337 e. The number of nitrogens with zero attached hydrogens (tertiary/aromatic N) is 2. The number of aromatic nitrogens is 2. The molecule has 2 N–H and O–H groups in total. The van der Waals surface area contributed by atoms with Crippen molar-refractivity contribution in [2.24, 2.45) is 0 Å². The van der Waals surface area contributed by atoms with Gasteiger partial charge < -0.3 is 10.3 Å². The molecule has 9 heteroatoms. The van der Waals surface area contributed by atoms with E-state index in [0.717, 1.165) is 9.87 Å². The van der Waals surface area contributed by atoms with Crippen molar-refractivity contribution >= 4 is 55.4 Å². The molecule has 0 aliphatic heterocycles. The van der Waals surface area contributed by atoms with Crippen LogP contribution >= 0.6 is 11.6 Å². The molecular weight excluding hydrogens is 400 g/mol. The van der Waals surface area contributed by atoms with Gasteiger partial charge in [-0.15, -0.1) is 0 Å². The molecule has 0 spiro atoms. The van der Waals surface area contributed by atoms with E-state index in [1.165, 1.54) is 33.2 Å². The van der Waals surface area contributed by atoms with Crippen molar-refractivity contribution in [3.8, 4) is 0 Å². The van der Waals surface area contributed by atoms with Crippen molar-refractivity contribution in [3.05, 3.63) is 53.9 Å². The van der Waals surface area contributed by atoms with E-state index in [1.807, 2.05) is 12.1 Å². The van der Waals surface area contributed by atoms with Crippen molar-refractivity contribution in [2.45, 2.75) is 11.8 Å². The molecule has 0 aliphatic rings. The second-order valence-corrected chi connectivity index (χ2v) is 8.91. The standard InChI is InChI=1S/C19H19ClN4O3S/c1-12(25)21-14-6-4-13(5-7-14)10-16(20)19-22-17-9-8-15(11-18(17)23-19)28(26,27)24(2)3/h4-11H,1-3H3,(H,21,25)(H,22,23)/b16-10-. The number of benzene rings is 2. The van der Waals surface area contributed by atoms with Gasteiger partial charge in [0.1, 0.15) is 5.82 Å². The van der Waals surface area contributed by atoms with Crippen LogP contribution in [-0.4, -0.2) is 42.7 Å². The number of amides is 1. The highest BCUT2D eigenvalue weighted by Gasteiger charge is 2.18. The lowest BCUT2D eigenvalue weighted by molar-refractivity contribution is -0.114. The van der Waals surface area contributed by atoms with Gasteiger partial charge in [0.15, 0.2) is 0 Å². The summed E-state index contributed by atoms with van der Waals surface area (Å²) in [5.41, 5.74) is 2.71. The molecule has 0 saturated carbocycles. The third kappa shape index (κ3) is 4.24. The normalized spacial score (nSPS) is 12.5. The molecule has 0 unspecified atom stereocenters. The molecule has 0 radical (unpaired) electrons. The number of rotatable bonds is 5. The minimum atomic E-state index is -3.53. The molecule has 1 amide bonds. The number of hydrogen-bond acceptors (Lipinski definition) is 4. The molecule has 7 nitrogen and oxygen atoms in total. The lowest BCUT2D eigenvalue weighted by atomic mass is 10.2. The lowest BCUT2D eigenvalue weighted by Gasteiger charge is -2.10. The molecule has 2 aromatic carbocycles. The highest BCUT2D eigenvalue weighted by atomic mass is 35.5. The van der Waals surface area contributed by atoms with Crippen molar-refractivity contribution < 1.29 is 13.2 Å². The second kappa shape index (κ2) is 7.75. The number of nitrogens with one attached hydrogen (secondary N) is 2. The smallest absolute Gasteiger partial charge is 0.242 e. The summed E-state index contributed by atoms with van der Waals surface area (Å²) in [4.78, 5) is 18.7. The Kier molecular flexibility index (Phi) is 5.55. The Balaban J connectivity index is 1.90. The van der Waals surface area contributed by atoms with E-state index in [9.17, 15) is 13.2 Å². The summed E-state index contributed by atoms with van der Waals surface area (Å²) in [6.07, 6.45) is 1.73. The van der Waals surface area contributed by atoms with Gasteiger partial charge >= 0.3 is 0 Å². The molecule has 0 bridgehead atoms. The number of fused-ring (bicyclic) bond motifs is 1. The van der Waals surface area contributed by atoms with Gasteiger partial charge in [-0.05, 0) is 42.0 Å². The Morgan fingerprint density at radius 3 is 2.46 bits per heavy atom. The largest absolute Gasteiger partial charge is 0.337 e. The molecule has 146 valence electrons. The first-order chi connectivity index (χ1) is 13.2. The van der Waals surface area contributed by atoms with Gasteiger partial charge in [0, 0.05) is 26.7 Å². The number of imidazole rings is 1. The highest BCUT2D eigenvalue weighted by molar-refractivity contribution is 7.89. The number of sulfonamides is 1. The molecule has 1 heterocycles. The quantitative estimate of drug-likeness (QED) is 0.662. The molecule has 3 aromatic rings. The first kappa shape index (κ1) is 20.1. The Hall–Kier alpha value is -2.68. The fraction of sp³-hybridized carbons (Fsp3) is 0.158. The molecule has 3 rings (SSSR count). The van der Waals surface area contributed by atoms with E-state index in [-0.39, 0.29) is 10.8 Å². The van der Waals surface area contributed by atoms with Crippen LogP contribution in [0.25, 0.3) is 22.1 Å².